The number of carbonyl (C=O) groups is 1. The zero-order valence-corrected chi connectivity index (χ0v) is 11.8. The van der Waals surface area contributed by atoms with Crippen LogP contribution in [0.5, 0.6) is 5.75 Å². The van der Waals surface area contributed by atoms with Gasteiger partial charge < -0.3 is 10.1 Å². The van der Waals surface area contributed by atoms with Crippen LogP contribution >= 0.6 is 15.9 Å². The highest BCUT2D eigenvalue weighted by Crippen LogP contribution is 2.38. The highest BCUT2D eigenvalue weighted by atomic mass is 79.9. The molecule has 0 unspecified atom stereocenters. The molecule has 1 aromatic carbocycles. The van der Waals surface area contributed by atoms with Gasteiger partial charge in [-0.15, -0.1) is 0 Å². The van der Waals surface area contributed by atoms with Crippen molar-refractivity contribution >= 4 is 27.5 Å². The number of hydrogen-bond acceptors (Lipinski definition) is 2. The van der Waals surface area contributed by atoms with Gasteiger partial charge in [-0.2, -0.15) is 22.0 Å². The molecule has 0 aliphatic heterocycles. The summed E-state index contributed by atoms with van der Waals surface area (Å²) in [6.45, 7) is 1.43. The van der Waals surface area contributed by atoms with Crippen molar-refractivity contribution in [3.8, 4) is 5.75 Å². The molecule has 1 aromatic rings. The lowest BCUT2D eigenvalue weighted by Gasteiger charge is -2.20. The van der Waals surface area contributed by atoms with Crippen molar-refractivity contribution < 1.29 is 31.5 Å². The third-order valence-electron chi connectivity index (χ3n) is 2.36. The maximum Gasteiger partial charge on any atom is 0.463 e. The second-order valence-corrected chi connectivity index (χ2v) is 4.74. The van der Waals surface area contributed by atoms with E-state index in [1.54, 1.807) is 5.32 Å². The molecule has 0 saturated heterocycles. The lowest BCUT2D eigenvalue weighted by molar-refractivity contribution is -0.267. The summed E-state index contributed by atoms with van der Waals surface area (Å²) < 4.78 is 67.3. The van der Waals surface area contributed by atoms with Crippen molar-refractivity contribution in [2.75, 3.05) is 12.4 Å². The van der Waals surface area contributed by atoms with Gasteiger partial charge in [-0.1, -0.05) is 15.9 Å². The summed E-state index contributed by atoms with van der Waals surface area (Å²) in [7, 11) is 1.19. The molecule has 20 heavy (non-hydrogen) atoms. The fraction of sp³-hybridized carbons (Fsp3) is 0.364. The average Bonchev–Trinajstić information content (AvgIpc) is 2.30. The molecular formula is C11H9BrF5NO2. The molecule has 0 atom stereocenters. The fourth-order valence-electron chi connectivity index (χ4n) is 1.35. The highest BCUT2D eigenvalue weighted by Gasteiger charge is 2.63. The Morgan fingerprint density at radius 1 is 1.25 bits per heavy atom. The van der Waals surface area contributed by atoms with Gasteiger partial charge in [0.2, 0.25) is 0 Å². The van der Waals surface area contributed by atoms with Gasteiger partial charge in [-0.3, -0.25) is 4.79 Å². The van der Waals surface area contributed by atoms with Crippen LogP contribution in [0.4, 0.5) is 27.6 Å². The maximum atomic E-state index is 12.9. The van der Waals surface area contributed by atoms with E-state index in [0.717, 1.165) is 0 Å². The Morgan fingerprint density at radius 2 is 1.80 bits per heavy atom. The second-order valence-electron chi connectivity index (χ2n) is 3.83. The third-order valence-corrected chi connectivity index (χ3v) is 2.82. The van der Waals surface area contributed by atoms with Gasteiger partial charge in [0.05, 0.1) is 12.8 Å². The number of anilines is 1. The number of rotatable bonds is 3. The molecule has 0 bridgehead atoms. The topological polar surface area (TPSA) is 38.3 Å². The smallest absolute Gasteiger partial charge is 0.463 e. The van der Waals surface area contributed by atoms with Crippen LogP contribution in [-0.2, 0) is 4.79 Å². The van der Waals surface area contributed by atoms with E-state index < -0.39 is 18.0 Å². The zero-order chi connectivity index (χ0) is 15.7. The second kappa shape index (κ2) is 5.55. The number of alkyl halides is 5. The largest absolute Gasteiger partial charge is 0.495 e. The van der Waals surface area contributed by atoms with Gasteiger partial charge in [0.15, 0.2) is 0 Å². The Morgan fingerprint density at radius 3 is 2.25 bits per heavy atom. The van der Waals surface area contributed by atoms with E-state index in [9.17, 15) is 26.7 Å². The van der Waals surface area contributed by atoms with Crippen molar-refractivity contribution in [2.45, 2.75) is 19.0 Å². The molecule has 0 fully saturated rings. The van der Waals surface area contributed by atoms with Gasteiger partial charge in [0, 0.05) is 4.47 Å². The Kier molecular flexibility index (Phi) is 4.62. The van der Waals surface area contributed by atoms with Crippen LogP contribution in [0.25, 0.3) is 0 Å². The summed E-state index contributed by atoms with van der Waals surface area (Å²) in [6, 6.07) is 2.76. The summed E-state index contributed by atoms with van der Waals surface area (Å²) in [5.74, 6) is -7.99. The monoisotopic (exact) mass is 361 g/mol. The van der Waals surface area contributed by atoms with Crippen molar-refractivity contribution in [1.82, 2.24) is 0 Å². The Bertz CT molecular complexity index is 530. The van der Waals surface area contributed by atoms with Crippen molar-refractivity contribution in [3.63, 3.8) is 0 Å². The first-order chi connectivity index (χ1) is 9.00. The maximum absolute atomic E-state index is 12.9. The van der Waals surface area contributed by atoms with E-state index >= 15 is 0 Å². The molecule has 1 amide bonds. The summed E-state index contributed by atoms with van der Waals surface area (Å²) in [4.78, 5) is 11.1. The van der Waals surface area contributed by atoms with Crippen LogP contribution in [-0.4, -0.2) is 25.1 Å². The summed E-state index contributed by atoms with van der Waals surface area (Å²) in [5.41, 5.74) is 0.0205. The number of amides is 1. The highest BCUT2D eigenvalue weighted by molar-refractivity contribution is 9.10. The molecule has 9 heteroatoms. The van der Waals surface area contributed by atoms with Gasteiger partial charge in [0.1, 0.15) is 5.75 Å². The van der Waals surface area contributed by atoms with Gasteiger partial charge >= 0.3 is 18.0 Å². The number of halogens is 6. The summed E-state index contributed by atoms with van der Waals surface area (Å²) in [6.07, 6.45) is -5.96. The lowest BCUT2D eigenvalue weighted by atomic mass is 10.1. The van der Waals surface area contributed by atoms with Crippen LogP contribution in [0.1, 0.15) is 5.56 Å². The molecular weight excluding hydrogens is 353 g/mol. The van der Waals surface area contributed by atoms with E-state index in [4.69, 9.17) is 4.74 Å². The SMILES string of the molecule is COc1cc(Br)cc(C)c1NC(=O)C(F)(F)C(F)(F)F. The molecule has 0 aromatic heterocycles. The predicted octanol–water partition coefficient (Wildman–Crippen LogP) is 3.90. The first-order valence-electron chi connectivity index (χ1n) is 5.11. The van der Waals surface area contributed by atoms with Crippen molar-refractivity contribution in [3.05, 3.63) is 22.2 Å². The lowest BCUT2D eigenvalue weighted by Crippen LogP contribution is -2.47. The molecule has 0 saturated carbocycles. The Balaban J connectivity index is 3.15. The number of methoxy groups -OCH3 is 1. The van der Waals surface area contributed by atoms with Crippen molar-refractivity contribution in [1.29, 1.82) is 0 Å². The molecule has 0 heterocycles. The van der Waals surface area contributed by atoms with Crippen LogP contribution in [0.2, 0.25) is 0 Å². The predicted molar refractivity (Wildman–Crippen MR) is 65.1 cm³/mol. The number of aryl methyl sites for hydroxylation is 1. The summed E-state index contributed by atoms with van der Waals surface area (Å²) >= 11 is 3.10. The average molecular weight is 362 g/mol. The molecule has 1 N–H and O–H groups in total. The Hall–Kier alpha value is -1.38. The molecule has 112 valence electrons. The molecule has 0 aliphatic rings. The van der Waals surface area contributed by atoms with Gasteiger partial charge in [-0.25, -0.2) is 0 Å². The van der Waals surface area contributed by atoms with E-state index in [0.29, 0.717) is 4.47 Å². The van der Waals surface area contributed by atoms with E-state index in [1.807, 2.05) is 0 Å². The molecule has 1 rings (SSSR count). The van der Waals surface area contributed by atoms with Crippen LogP contribution in [0, 0.1) is 6.92 Å². The first kappa shape index (κ1) is 16.7. The van der Waals surface area contributed by atoms with Crippen LogP contribution in [0.3, 0.4) is 0 Å². The van der Waals surface area contributed by atoms with Gasteiger partial charge in [0.25, 0.3) is 0 Å². The minimum atomic E-state index is -5.96. The number of carbonyl (C=O) groups excluding carboxylic acids is 1. The van der Waals surface area contributed by atoms with E-state index in [-0.39, 0.29) is 17.0 Å². The minimum Gasteiger partial charge on any atom is -0.495 e. The zero-order valence-electron chi connectivity index (χ0n) is 10.2. The summed E-state index contributed by atoms with van der Waals surface area (Å²) in [5, 5.41) is 1.55. The third kappa shape index (κ3) is 3.20. The van der Waals surface area contributed by atoms with Crippen LogP contribution < -0.4 is 10.1 Å². The number of nitrogens with one attached hydrogen (secondary N) is 1. The van der Waals surface area contributed by atoms with Crippen LogP contribution in [0.15, 0.2) is 16.6 Å². The number of ether oxygens (including phenoxy) is 1. The Labute approximate surface area is 119 Å². The van der Waals surface area contributed by atoms with Gasteiger partial charge in [-0.05, 0) is 24.6 Å². The van der Waals surface area contributed by atoms with Crippen molar-refractivity contribution in [2.24, 2.45) is 0 Å². The minimum absolute atomic E-state index is 0.0387. The van der Waals surface area contributed by atoms with E-state index in [1.165, 1.54) is 26.2 Å². The number of hydrogen-bond donors (Lipinski definition) is 1. The first-order valence-corrected chi connectivity index (χ1v) is 5.90. The standard InChI is InChI=1S/C11H9BrF5NO2/c1-5-3-6(12)4-7(20-2)8(5)18-9(19)10(13,14)11(15,16)17/h3-4H,1-2H3,(H,18,19). The fourth-order valence-corrected chi connectivity index (χ4v) is 1.91. The number of benzene rings is 1. The molecule has 3 nitrogen and oxygen atoms in total. The van der Waals surface area contributed by atoms with E-state index in [2.05, 4.69) is 15.9 Å². The quantitative estimate of drug-likeness (QED) is 0.829. The normalized spacial score (nSPS) is 12.2. The molecule has 0 spiro atoms. The molecule has 0 aliphatic carbocycles. The molecule has 0 radical (unpaired) electrons.